The summed E-state index contributed by atoms with van der Waals surface area (Å²) in [5.74, 6) is 2.14. The minimum absolute atomic E-state index is 0.119. The summed E-state index contributed by atoms with van der Waals surface area (Å²) in [5, 5.41) is 26.4. The molecule has 1 aromatic carbocycles. The predicted molar refractivity (Wildman–Crippen MR) is 90.3 cm³/mol. The van der Waals surface area contributed by atoms with Crippen LogP contribution >= 0.6 is 11.8 Å². The molecule has 2 heterocycles. The van der Waals surface area contributed by atoms with Gasteiger partial charge in [-0.1, -0.05) is 36.9 Å². The van der Waals surface area contributed by atoms with Gasteiger partial charge >= 0.3 is 0 Å². The van der Waals surface area contributed by atoms with Crippen molar-refractivity contribution in [2.75, 3.05) is 0 Å². The van der Waals surface area contributed by atoms with E-state index in [0.717, 1.165) is 29.2 Å². The van der Waals surface area contributed by atoms with E-state index in [4.69, 9.17) is 4.42 Å². The minimum atomic E-state index is -0.119. The molecule has 0 saturated heterocycles. The van der Waals surface area contributed by atoms with Gasteiger partial charge in [-0.3, -0.25) is 0 Å². The van der Waals surface area contributed by atoms with Crippen LogP contribution in [0.1, 0.15) is 30.6 Å². The molecule has 8 heteroatoms. The molecule has 1 N–H and O–H groups in total. The van der Waals surface area contributed by atoms with Crippen molar-refractivity contribution in [3.63, 3.8) is 0 Å². The lowest BCUT2D eigenvalue weighted by Gasteiger charge is -2.06. The molecule has 0 aliphatic carbocycles. The Labute approximate surface area is 144 Å². The van der Waals surface area contributed by atoms with Gasteiger partial charge in [0.1, 0.15) is 6.61 Å². The van der Waals surface area contributed by atoms with E-state index in [2.05, 4.69) is 27.3 Å². The standard InChI is InChI=1S/C16H19N5O2S/c1-3-8-21-13(9-22)17-20-16(21)24-10-14-18-19-15(23-14)12-7-5-4-6-11(12)2/h4-7,22H,3,8-10H2,1-2H3. The van der Waals surface area contributed by atoms with Crippen molar-refractivity contribution in [1.82, 2.24) is 25.0 Å². The number of hydrogen-bond acceptors (Lipinski definition) is 7. The van der Waals surface area contributed by atoms with Crippen LogP contribution in [0.3, 0.4) is 0 Å². The number of benzene rings is 1. The van der Waals surface area contributed by atoms with Gasteiger partial charge in [-0.2, -0.15) is 0 Å². The van der Waals surface area contributed by atoms with Crippen LogP contribution < -0.4 is 0 Å². The molecule has 3 aromatic rings. The Morgan fingerprint density at radius 3 is 2.75 bits per heavy atom. The molecule has 0 fully saturated rings. The van der Waals surface area contributed by atoms with Crippen molar-refractivity contribution in [1.29, 1.82) is 0 Å². The smallest absolute Gasteiger partial charge is 0.248 e. The highest BCUT2D eigenvalue weighted by molar-refractivity contribution is 7.98. The van der Waals surface area contributed by atoms with Crippen LogP contribution in [0.4, 0.5) is 0 Å². The Morgan fingerprint density at radius 2 is 2.00 bits per heavy atom. The van der Waals surface area contributed by atoms with Crippen LogP contribution in [0.2, 0.25) is 0 Å². The van der Waals surface area contributed by atoms with Crippen molar-refractivity contribution >= 4 is 11.8 Å². The first kappa shape index (κ1) is 16.7. The van der Waals surface area contributed by atoms with Crippen LogP contribution in [0.5, 0.6) is 0 Å². The van der Waals surface area contributed by atoms with Gasteiger partial charge in [0.15, 0.2) is 11.0 Å². The summed E-state index contributed by atoms with van der Waals surface area (Å²) in [5.41, 5.74) is 2.04. The maximum atomic E-state index is 9.33. The third kappa shape index (κ3) is 3.49. The summed E-state index contributed by atoms with van der Waals surface area (Å²) >= 11 is 1.47. The van der Waals surface area contributed by atoms with E-state index in [1.165, 1.54) is 11.8 Å². The molecule has 0 spiro atoms. The molecule has 0 aliphatic heterocycles. The van der Waals surface area contributed by atoms with Crippen molar-refractivity contribution in [2.45, 2.75) is 44.3 Å². The van der Waals surface area contributed by atoms with Crippen LogP contribution in [-0.4, -0.2) is 30.1 Å². The topological polar surface area (TPSA) is 89.9 Å². The zero-order valence-electron chi connectivity index (χ0n) is 13.6. The molecule has 7 nitrogen and oxygen atoms in total. The second kappa shape index (κ2) is 7.59. The summed E-state index contributed by atoms with van der Waals surface area (Å²) in [6.45, 7) is 4.73. The first-order valence-corrected chi connectivity index (χ1v) is 8.75. The third-order valence-corrected chi connectivity index (χ3v) is 4.50. The maximum absolute atomic E-state index is 9.33. The van der Waals surface area contributed by atoms with Crippen molar-refractivity contribution < 1.29 is 9.52 Å². The highest BCUT2D eigenvalue weighted by Crippen LogP contribution is 2.25. The molecule has 0 saturated carbocycles. The first-order chi connectivity index (χ1) is 11.7. The molecule has 0 radical (unpaired) electrons. The van der Waals surface area contributed by atoms with Crippen molar-refractivity contribution in [3.05, 3.63) is 41.5 Å². The molecule has 2 aromatic heterocycles. The molecule has 3 rings (SSSR count). The molecular formula is C16H19N5O2S. The van der Waals surface area contributed by atoms with E-state index in [9.17, 15) is 5.11 Å². The van der Waals surface area contributed by atoms with Crippen molar-refractivity contribution in [2.24, 2.45) is 0 Å². The van der Waals surface area contributed by atoms with E-state index < -0.39 is 0 Å². The molecule has 0 aliphatic rings. The van der Waals surface area contributed by atoms with Crippen LogP contribution in [-0.2, 0) is 18.9 Å². The molecule has 24 heavy (non-hydrogen) atoms. The van der Waals surface area contributed by atoms with E-state index in [-0.39, 0.29) is 6.61 Å². The van der Waals surface area contributed by atoms with E-state index in [0.29, 0.717) is 23.4 Å². The fraction of sp³-hybridized carbons (Fsp3) is 0.375. The van der Waals surface area contributed by atoms with Gasteiger partial charge in [0.2, 0.25) is 11.8 Å². The maximum Gasteiger partial charge on any atom is 0.248 e. The van der Waals surface area contributed by atoms with Gasteiger partial charge in [0, 0.05) is 12.1 Å². The molecule has 0 atom stereocenters. The highest BCUT2D eigenvalue weighted by Gasteiger charge is 2.14. The predicted octanol–water partition coefficient (Wildman–Crippen LogP) is 2.83. The first-order valence-electron chi connectivity index (χ1n) is 7.77. The van der Waals surface area contributed by atoms with Crippen LogP contribution in [0.15, 0.2) is 33.8 Å². The molecule has 0 amide bonds. The lowest BCUT2D eigenvalue weighted by atomic mass is 10.1. The summed E-state index contributed by atoms with van der Waals surface area (Å²) in [6, 6.07) is 7.90. The third-order valence-electron chi connectivity index (χ3n) is 3.55. The molecule has 0 unspecified atom stereocenters. The number of aryl methyl sites for hydroxylation is 1. The Kier molecular flexibility index (Phi) is 5.27. The van der Waals surface area contributed by atoms with E-state index in [1.807, 2.05) is 35.8 Å². The molecule has 0 bridgehead atoms. The summed E-state index contributed by atoms with van der Waals surface area (Å²) < 4.78 is 7.68. The second-order valence-electron chi connectivity index (χ2n) is 5.31. The average Bonchev–Trinajstić information content (AvgIpc) is 3.21. The van der Waals surface area contributed by atoms with Gasteiger partial charge in [0.25, 0.3) is 0 Å². The number of rotatable bonds is 7. The number of nitrogens with zero attached hydrogens (tertiary/aromatic N) is 5. The number of thioether (sulfide) groups is 1. The highest BCUT2D eigenvalue weighted by atomic mass is 32.2. The van der Waals surface area contributed by atoms with Gasteiger partial charge in [-0.25, -0.2) is 0 Å². The second-order valence-corrected chi connectivity index (χ2v) is 6.26. The Hall–Kier alpha value is -2.19. The fourth-order valence-corrected chi connectivity index (χ4v) is 3.17. The normalized spacial score (nSPS) is 11.1. The van der Waals surface area contributed by atoms with Crippen LogP contribution in [0, 0.1) is 6.92 Å². The quantitative estimate of drug-likeness (QED) is 0.658. The average molecular weight is 345 g/mol. The zero-order valence-corrected chi connectivity index (χ0v) is 14.5. The van der Waals surface area contributed by atoms with Crippen molar-refractivity contribution in [3.8, 4) is 11.5 Å². The van der Waals surface area contributed by atoms with E-state index in [1.54, 1.807) is 0 Å². The van der Waals surface area contributed by atoms with Gasteiger partial charge in [-0.05, 0) is 25.0 Å². The van der Waals surface area contributed by atoms with Gasteiger partial charge in [-0.15, -0.1) is 20.4 Å². The molecular weight excluding hydrogens is 326 g/mol. The SMILES string of the molecule is CCCn1c(CO)nnc1SCc1nnc(-c2ccccc2C)o1. The zero-order chi connectivity index (χ0) is 16.9. The monoisotopic (exact) mass is 345 g/mol. The lowest BCUT2D eigenvalue weighted by molar-refractivity contribution is 0.263. The summed E-state index contributed by atoms with van der Waals surface area (Å²) in [7, 11) is 0. The fourth-order valence-electron chi connectivity index (χ4n) is 2.35. The summed E-state index contributed by atoms with van der Waals surface area (Å²) in [4.78, 5) is 0. The number of aromatic nitrogens is 5. The number of aliphatic hydroxyl groups excluding tert-OH is 1. The van der Waals surface area contributed by atoms with Gasteiger partial charge < -0.3 is 14.1 Å². The van der Waals surface area contributed by atoms with Gasteiger partial charge in [0.05, 0.1) is 5.75 Å². The Bertz CT molecular complexity index is 814. The number of hydrogen-bond donors (Lipinski definition) is 1. The lowest BCUT2D eigenvalue weighted by Crippen LogP contribution is -2.04. The largest absolute Gasteiger partial charge is 0.420 e. The Balaban J connectivity index is 1.72. The van der Waals surface area contributed by atoms with E-state index >= 15 is 0 Å². The number of aliphatic hydroxyl groups is 1. The minimum Gasteiger partial charge on any atom is -0.420 e. The Morgan fingerprint density at radius 1 is 1.17 bits per heavy atom. The molecule has 126 valence electrons. The summed E-state index contributed by atoms with van der Waals surface area (Å²) in [6.07, 6.45) is 0.941. The van der Waals surface area contributed by atoms with Crippen LogP contribution in [0.25, 0.3) is 11.5 Å².